The van der Waals surface area contributed by atoms with Gasteiger partial charge in [0.05, 0.1) is 11.1 Å². The molecule has 2 amide bonds. The molecule has 1 saturated carbocycles. The van der Waals surface area contributed by atoms with Gasteiger partial charge in [-0.05, 0) is 37.0 Å². The van der Waals surface area contributed by atoms with Gasteiger partial charge in [-0.3, -0.25) is 14.9 Å². The molecule has 0 spiro atoms. The fraction of sp³-hybridized carbons (Fsp3) is 0.333. The number of imide groups is 1. The molecule has 1 heterocycles. The third kappa shape index (κ3) is 1.56. The lowest BCUT2D eigenvalue weighted by molar-refractivity contribution is 0.0879. The standard InChI is InChI=1S/C12H12N2O2/c15-11-9-4-3-8(13-6-7-1-2-7)5-10(9)12(16)14-11/h3-5,7,13H,1-2,6H2,(H,14,15,16). The summed E-state index contributed by atoms with van der Waals surface area (Å²) < 4.78 is 0. The zero-order valence-electron chi connectivity index (χ0n) is 8.75. The second kappa shape index (κ2) is 3.33. The van der Waals surface area contributed by atoms with Gasteiger partial charge >= 0.3 is 0 Å². The third-order valence-corrected chi connectivity index (χ3v) is 3.03. The molecule has 0 radical (unpaired) electrons. The number of nitrogens with one attached hydrogen (secondary N) is 2. The fourth-order valence-electron chi connectivity index (χ4n) is 1.86. The molecule has 3 rings (SSSR count). The largest absolute Gasteiger partial charge is 0.385 e. The van der Waals surface area contributed by atoms with Gasteiger partial charge in [-0.15, -0.1) is 0 Å². The lowest BCUT2D eigenvalue weighted by Crippen LogP contribution is -2.19. The second-order valence-corrected chi connectivity index (χ2v) is 4.37. The minimum atomic E-state index is -0.297. The van der Waals surface area contributed by atoms with Gasteiger partial charge in [-0.1, -0.05) is 0 Å². The van der Waals surface area contributed by atoms with Crippen LogP contribution in [-0.4, -0.2) is 18.4 Å². The summed E-state index contributed by atoms with van der Waals surface area (Å²) in [6.07, 6.45) is 2.58. The van der Waals surface area contributed by atoms with Crippen LogP contribution < -0.4 is 10.6 Å². The average molecular weight is 216 g/mol. The van der Waals surface area contributed by atoms with Crippen LogP contribution in [0.3, 0.4) is 0 Å². The lowest BCUT2D eigenvalue weighted by atomic mass is 10.1. The summed E-state index contributed by atoms with van der Waals surface area (Å²) in [5.74, 6) is 0.188. The summed E-state index contributed by atoms with van der Waals surface area (Å²) in [6, 6.07) is 5.29. The van der Waals surface area contributed by atoms with Crippen molar-refractivity contribution in [1.82, 2.24) is 5.32 Å². The molecule has 0 unspecified atom stereocenters. The van der Waals surface area contributed by atoms with E-state index >= 15 is 0 Å². The Balaban J connectivity index is 1.83. The molecule has 2 N–H and O–H groups in total. The zero-order valence-corrected chi connectivity index (χ0v) is 8.75. The second-order valence-electron chi connectivity index (χ2n) is 4.37. The topological polar surface area (TPSA) is 58.2 Å². The fourth-order valence-corrected chi connectivity index (χ4v) is 1.86. The molecule has 1 fully saturated rings. The van der Waals surface area contributed by atoms with Crippen molar-refractivity contribution in [2.24, 2.45) is 5.92 Å². The van der Waals surface area contributed by atoms with Crippen molar-refractivity contribution in [2.75, 3.05) is 11.9 Å². The number of carbonyl (C=O) groups excluding carboxylic acids is 2. The van der Waals surface area contributed by atoms with Gasteiger partial charge in [0.15, 0.2) is 0 Å². The Morgan fingerprint density at radius 2 is 1.94 bits per heavy atom. The molecule has 0 aromatic heterocycles. The maximum absolute atomic E-state index is 11.4. The first kappa shape index (κ1) is 9.39. The van der Waals surface area contributed by atoms with Crippen molar-refractivity contribution in [3.05, 3.63) is 29.3 Å². The highest BCUT2D eigenvalue weighted by atomic mass is 16.2. The molecule has 82 valence electrons. The Hall–Kier alpha value is -1.84. The maximum atomic E-state index is 11.4. The van der Waals surface area contributed by atoms with E-state index < -0.39 is 0 Å². The summed E-state index contributed by atoms with van der Waals surface area (Å²) >= 11 is 0. The first-order valence-electron chi connectivity index (χ1n) is 5.47. The molecule has 1 aromatic rings. The van der Waals surface area contributed by atoms with Crippen LogP contribution in [0.5, 0.6) is 0 Å². The molecule has 4 nitrogen and oxygen atoms in total. The molecule has 16 heavy (non-hydrogen) atoms. The quantitative estimate of drug-likeness (QED) is 0.751. The third-order valence-electron chi connectivity index (χ3n) is 3.03. The predicted octanol–water partition coefficient (Wildman–Crippen LogP) is 1.39. The van der Waals surface area contributed by atoms with Gasteiger partial charge in [-0.25, -0.2) is 0 Å². The number of hydrogen-bond donors (Lipinski definition) is 2. The summed E-state index contributed by atoms with van der Waals surface area (Å²) in [5.41, 5.74) is 1.86. The van der Waals surface area contributed by atoms with E-state index in [2.05, 4.69) is 10.6 Å². The van der Waals surface area contributed by atoms with E-state index in [9.17, 15) is 9.59 Å². The molecule has 0 atom stereocenters. The highest BCUT2D eigenvalue weighted by molar-refractivity contribution is 6.21. The Morgan fingerprint density at radius 3 is 2.69 bits per heavy atom. The summed E-state index contributed by atoms with van der Waals surface area (Å²) in [4.78, 5) is 22.7. The number of fused-ring (bicyclic) bond motifs is 1. The van der Waals surface area contributed by atoms with Crippen molar-refractivity contribution in [3.8, 4) is 0 Å². The van der Waals surface area contributed by atoms with Crippen LogP contribution in [0, 0.1) is 5.92 Å². The molecular formula is C12H12N2O2. The molecule has 0 saturated heterocycles. The van der Waals surface area contributed by atoms with Gasteiger partial charge in [0, 0.05) is 12.2 Å². The average Bonchev–Trinajstić information content (AvgIpc) is 3.05. The van der Waals surface area contributed by atoms with E-state index in [1.807, 2.05) is 6.07 Å². The molecule has 0 bridgehead atoms. The van der Waals surface area contributed by atoms with Crippen LogP contribution in [0.4, 0.5) is 5.69 Å². The minimum Gasteiger partial charge on any atom is -0.385 e. The van der Waals surface area contributed by atoms with E-state index in [0.717, 1.165) is 18.2 Å². The van der Waals surface area contributed by atoms with E-state index in [4.69, 9.17) is 0 Å². The number of carbonyl (C=O) groups is 2. The van der Waals surface area contributed by atoms with Crippen molar-refractivity contribution >= 4 is 17.5 Å². The Bertz CT molecular complexity index is 478. The number of hydrogen-bond acceptors (Lipinski definition) is 3. The number of amides is 2. The summed E-state index contributed by atoms with van der Waals surface area (Å²) in [7, 11) is 0. The first-order valence-corrected chi connectivity index (χ1v) is 5.47. The van der Waals surface area contributed by atoms with Crippen LogP contribution in [0.25, 0.3) is 0 Å². The molecule has 1 aliphatic carbocycles. The van der Waals surface area contributed by atoms with Crippen molar-refractivity contribution in [3.63, 3.8) is 0 Å². The van der Waals surface area contributed by atoms with Crippen molar-refractivity contribution < 1.29 is 9.59 Å². The normalized spacial score (nSPS) is 18.2. The van der Waals surface area contributed by atoms with Gasteiger partial charge in [-0.2, -0.15) is 0 Å². The van der Waals surface area contributed by atoms with Gasteiger partial charge in [0.1, 0.15) is 0 Å². The molecule has 4 heteroatoms. The highest BCUT2D eigenvalue weighted by Crippen LogP contribution is 2.29. The Labute approximate surface area is 93.0 Å². The van der Waals surface area contributed by atoms with Crippen LogP contribution in [0.15, 0.2) is 18.2 Å². The van der Waals surface area contributed by atoms with E-state index in [1.165, 1.54) is 12.8 Å². The highest BCUT2D eigenvalue weighted by Gasteiger charge is 2.27. The first-order chi connectivity index (χ1) is 7.74. The molecule has 1 aromatic carbocycles. The summed E-state index contributed by atoms with van der Waals surface area (Å²) in [5, 5.41) is 5.56. The van der Waals surface area contributed by atoms with Gasteiger partial charge in [0.2, 0.25) is 0 Å². The van der Waals surface area contributed by atoms with Gasteiger partial charge in [0.25, 0.3) is 11.8 Å². The molecule has 2 aliphatic rings. The van der Waals surface area contributed by atoms with Crippen LogP contribution in [0.1, 0.15) is 33.6 Å². The van der Waals surface area contributed by atoms with Crippen LogP contribution >= 0.6 is 0 Å². The molecular weight excluding hydrogens is 204 g/mol. The maximum Gasteiger partial charge on any atom is 0.259 e. The Kier molecular flexibility index (Phi) is 1.96. The van der Waals surface area contributed by atoms with Gasteiger partial charge < -0.3 is 5.32 Å². The van der Waals surface area contributed by atoms with E-state index in [0.29, 0.717) is 11.1 Å². The van der Waals surface area contributed by atoms with E-state index in [1.54, 1.807) is 12.1 Å². The Morgan fingerprint density at radius 1 is 1.19 bits per heavy atom. The lowest BCUT2D eigenvalue weighted by Gasteiger charge is -2.05. The number of rotatable bonds is 3. The minimum absolute atomic E-state index is 0.296. The van der Waals surface area contributed by atoms with Crippen LogP contribution in [0.2, 0.25) is 0 Å². The number of anilines is 1. The van der Waals surface area contributed by atoms with Crippen LogP contribution in [-0.2, 0) is 0 Å². The SMILES string of the molecule is O=C1NC(=O)c2cc(NCC3CC3)ccc21. The van der Waals surface area contributed by atoms with Crippen molar-refractivity contribution in [2.45, 2.75) is 12.8 Å². The smallest absolute Gasteiger partial charge is 0.259 e. The molecule has 1 aliphatic heterocycles. The van der Waals surface area contributed by atoms with Crippen molar-refractivity contribution in [1.29, 1.82) is 0 Å². The summed E-state index contributed by atoms with van der Waals surface area (Å²) in [6.45, 7) is 0.953. The van der Waals surface area contributed by atoms with E-state index in [-0.39, 0.29) is 11.8 Å². The predicted molar refractivity (Wildman–Crippen MR) is 59.5 cm³/mol. The monoisotopic (exact) mass is 216 g/mol. The zero-order chi connectivity index (χ0) is 11.1. The number of benzene rings is 1.